The molecule has 0 radical (unpaired) electrons. The number of anilines is 1. The van der Waals surface area contributed by atoms with E-state index in [9.17, 15) is 4.79 Å². The fourth-order valence-electron chi connectivity index (χ4n) is 3.24. The highest BCUT2D eigenvalue weighted by molar-refractivity contribution is 5.96. The van der Waals surface area contributed by atoms with Gasteiger partial charge in [-0.15, -0.1) is 0 Å². The Bertz CT molecular complexity index is 1000. The Hall–Kier alpha value is -2.93. The molecule has 7 nitrogen and oxygen atoms in total. The number of aromatic amines is 1. The lowest BCUT2D eigenvalue weighted by Gasteiger charge is -2.22. The second-order valence-corrected chi connectivity index (χ2v) is 8.19. The molecule has 3 aromatic rings. The van der Waals surface area contributed by atoms with Crippen molar-refractivity contribution in [3.05, 3.63) is 36.2 Å². The number of nitrogens with two attached hydrogens (primary N) is 1. The van der Waals surface area contributed by atoms with Crippen LogP contribution in [-0.4, -0.2) is 34.0 Å². The molecule has 0 aliphatic heterocycles. The van der Waals surface area contributed by atoms with Crippen molar-refractivity contribution in [1.82, 2.24) is 15.0 Å². The molecule has 1 amide bonds. The van der Waals surface area contributed by atoms with Crippen LogP contribution in [0.1, 0.15) is 32.9 Å². The maximum absolute atomic E-state index is 12.4. The molecule has 1 atom stereocenters. The van der Waals surface area contributed by atoms with E-state index in [2.05, 4.69) is 20.3 Å². The first-order valence-electron chi connectivity index (χ1n) is 9.24. The summed E-state index contributed by atoms with van der Waals surface area (Å²) in [6, 6.07) is 7.00. The number of methoxy groups -OCH3 is 1. The standard InChI is InChI=1S/C21H27N5O2/c1-12-10-15-13(8-9-23-18(15)24-12)14-6-7-17(26-20(14)28-5)25-19(27)16(22)11-21(2,3)4/h6-10,16H,11,22H2,1-5H3,(H,23,24)(H,25,26,27)/t16-/m1/s1. The van der Waals surface area contributed by atoms with Crippen LogP contribution in [0.4, 0.5) is 5.82 Å². The summed E-state index contributed by atoms with van der Waals surface area (Å²) < 4.78 is 5.49. The van der Waals surface area contributed by atoms with Gasteiger partial charge in [-0.3, -0.25) is 4.79 Å². The van der Waals surface area contributed by atoms with Crippen molar-refractivity contribution in [2.75, 3.05) is 12.4 Å². The topological polar surface area (TPSA) is 106 Å². The maximum Gasteiger partial charge on any atom is 0.242 e. The number of rotatable bonds is 5. The maximum atomic E-state index is 12.4. The van der Waals surface area contributed by atoms with Gasteiger partial charge < -0.3 is 20.8 Å². The number of carbonyl (C=O) groups is 1. The van der Waals surface area contributed by atoms with Crippen molar-refractivity contribution >= 4 is 22.8 Å². The predicted octanol–water partition coefficient (Wildman–Crippen LogP) is 3.64. The number of nitrogens with zero attached hydrogens (tertiary/aromatic N) is 2. The number of H-pyrrole nitrogens is 1. The lowest BCUT2D eigenvalue weighted by atomic mass is 9.88. The molecule has 4 N–H and O–H groups in total. The number of aryl methyl sites for hydroxylation is 1. The largest absolute Gasteiger partial charge is 0.480 e. The first-order valence-corrected chi connectivity index (χ1v) is 9.24. The highest BCUT2D eigenvalue weighted by atomic mass is 16.5. The van der Waals surface area contributed by atoms with Crippen molar-refractivity contribution in [3.63, 3.8) is 0 Å². The van der Waals surface area contributed by atoms with Gasteiger partial charge in [0.25, 0.3) is 0 Å². The summed E-state index contributed by atoms with van der Waals surface area (Å²) in [7, 11) is 1.56. The Morgan fingerprint density at radius 2 is 2.04 bits per heavy atom. The molecule has 148 valence electrons. The quantitative estimate of drug-likeness (QED) is 0.625. The fraction of sp³-hybridized carbons (Fsp3) is 0.381. The molecule has 0 aliphatic rings. The average molecular weight is 381 g/mol. The van der Waals surface area contributed by atoms with Crippen LogP contribution in [0.3, 0.4) is 0 Å². The van der Waals surface area contributed by atoms with Gasteiger partial charge in [0, 0.05) is 22.8 Å². The van der Waals surface area contributed by atoms with E-state index >= 15 is 0 Å². The fourth-order valence-corrected chi connectivity index (χ4v) is 3.24. The van der Waals surface area contributed by atoms with Crippen LogP contribution >= 0.6 is 0 Å². The number of carbonyl (C=O) groups excluding carboxylic acids is 1. The smallest absolute Gasteiger partial charge is 0.242 e. The summed E-state index contributed by atoms with van der Waals surface area (Å²) in [6.07, 6.45) is 2.32. The number of hydrogen-bond donors (Lipinski definition) is 3. The number of hydrogen-bond acceptors (Lipinski definition) is 5. The van der Waals surface area contributed by atoms with E-state index in [0.717, 1.165) is 27.9 Å². The molecule has 28 heavy (non-hydrogen) atoms. The molecular formula is C21H27N5O2. The number of aromatic nitrogens is 3. The summed E-state index contributed by atoms with van der Waals surface area (Å²) in [5.41, 5.74) is 9.61. The van der Waals surface area contributed by atoms with E-state index in [4.69, 9.17) is 10.5 Å². The number of ether oxygens (including phenoxy) is 1. The van der Waals surface area contributed by atoms with E-state index in [1.54, 1.807) is 19.4 Å². The summed E-state index contributed by atoms with van der Waals surface area (Å²) in [5, 5.41) is 3.78. The van der Waals surface area contributed by atoms with Gasteiger partial charge in [0.15, 0.2) is 0 Å². The average Bonchev–Trinajstić information content (AvgIpc) is 3.00. The second kappa shape index (κ2) is 7.59. The van der Waals surface area contributed by atoms with Gasteiger partial charge in [0.05, 0.1) is 13.2 Å². The summed E-state index contributed by atoms with van der Waals surface area (Å²) in [5.74, 6) is 0.573. The Labute approximate surface area is 164 Å². The number of nitrogens with one attached hydrogen (secondary N) is 2. The molecule has 0 bridgehead atoms. The lowest BCUT2D eigenvalue weighted by molar-refractivity contribution is -0.118. The Kier molecular flexibility index (Phi) is 5.38. The normalized spacial score (nSPS) is 12.8. The third kappa shape index (κ3) is 4.31. The molecule has 0 unspecified atom stereocenters. The van der Waals surface area contributed by atoms with Crippen molar-refractivity contribution < 1.29 is 9.53 Å². The number of amides is 1. The second-order valence-electron chi connectivity index (χ2n) is 8.19. The minimum absolute atomic E-state index is 0.0346. The van der Waals surface area contributed by atoms with Crippen LogP contribution in [0, 0.1) is 12.3 Å². The van der Waals surface area contributed by atoms with Gasteiger partial charge in [-0.1, -0.05) is 20.8 Å². The van der Waals surface area contributed by atoms with Gasteiger partial charge in [-0.2, -0.15) is 4.98 Å². The van der Waals surface area contributed by atoms with Crippen molar-refractivity contribution in [2.45, 2.75) is 40.2 Å². The third-order valence-corrected chi connectivity index (χ3v) is 4.43. The molecule has 0 spiro atoms. The zero-order valence-electron chi connectivity index (χ0n) is 17.0. The Morgan fingerprint density at radius 3 is 2.71 bits per heavy atom. The van der Waals surface area contributed by atoms with Gasteiger partial charge >= 0.3 is 0 Å². The molecule has 0 saturated carbocycles. The molecular weight excluding hydrogens is 354 g/mol. The minimum Gasteiger partial charge on any atom is -0.480 e. The first kappa shape index (κ1) is 19.8. The highest BCUT2D eigenvalue weighted by Crippen LogP contribution is 2.34. The predicted molar refractivity (Wildman–Crippen MR) is 111 cm³/mol. The van der Waals surface area contributed by atoms with E-state index in [-0.39, 0.29) is 11.3 Å². The van der Waals surface area contributed by atoms with Gasteiger partial charge in [-0.25, -0.2) is 4.98 Å². The van der Waals surface area contributed by atoms with Crippen LogP contribution in [0.25, 0.3) is 22.2 Å². The van der Waals surface area contributed by atoms with Crippen molar-refractivity contribution in [1.29, 1.82) is 0 Å². The van der Waals surface area contributed by atoms with Crippen LogP contribution in [0.15, 0.2) is 30.5 Å². The first-order chi connectivity index (χ1) is 13.2. The molecule has 3 heterocycles. The Balaban J connectivity index is 1.89. The van der Waals surface area contributed by atoms with E-state index in [1.165, 1.54) is 0 Å². The molecule has 3 aromatic heterocycles. The Morgan fingerprint density at radius 1 is 1.29 bits per heavy atom. The molecule has 0 aliphatic carbocycles. The number of pyridine rings is 2. The van der Waals surface area contributed by atoms with E-state index in [1.807, 2.05) is 45.9 Å². The van der Waals surface area contributed by atoms with Crippen molar-refractivity contribution in [3.8, 4) is 17.0 Å². The number of fused-ring (bicyclic) bond motifs is 1. The molecule has 0 aromatic carbocycles. The van der Waals surface area contributed by atoms with Crippen LogP contribution in [0.5, 0.6) is 5.88 Å². The van der Waals surface area contributed by atoms with E-state index in [0.29, 0.717) is 18.1 Å². The molecule has 3 rings (SSSR count). The minimum atomic E-state index is -0.602. The van der Waals surface area contributed by atoms with Gasteiger partial charge in [0.1, 0.15) is 11.5 Å². The third-order valence-electron chi connectivity index (χ3n) is 4.43. The summed E-state index contributed by atoms with van der Waals surface area (Å²) in [4.78, 5) is 24.4. The zero-order valence-corrected chi connectivity index (χ0v) is 17.0. The SMILES string of the molecule is COc1nc(NC(=O)[C@H](N)CC(C)(C)C)ccc1-c1ccnc2[nH]c(C)cc12. The van der Waals surface area contributed by atoms with Crippen LogP contribution in [0.2, 0.25) is 0 Å². The monoisotopic (exact) mass is 381 g/mol. The molecule has 0 fully saturated rings. The van der Waals surface area contributed by atoms with Gasteiger partial charge in [-0.05, 0) is 48.6 Å². The van der Waals surface area contributed by atoms with Crippen LogP contribution in [-0.2, 0) is 4.79 Å². The van der Waals surface area contributed by atoms with Crippen LogP contribution < -0.4 is 15.8 Å². The lowest BCUT2D eigenvalue weighted by Crippen LogP contribution is -2.38. The molecule has 0 saturated heterocycles. The highest BCUT2D eigenvalue weighted by Gasteiger charge is 2.22. The summed E-state index contributed by atoms with van der Waals surface area (Å²) in [6.45, 7) is 8.14. The van der Waals surface area contributed by atoms with Crippen molar-refractivity contribution in [2.24, 2.45) is 11.1 Å². The zero-order chi connectivity index (χ0) is 20.5. The summed E-state index contributed by atoms with van der Waals surface area (Å²) >= 11 is 0. The van der Waals surface area contributed by atoms with Gasteiger partial charge in [0.2, 0.25) is 11.8 Å². The molecule has 7 heteroatoms. The van der Waals surface area contributed by atoms with E-state index < -0.39 is 6.04 Å².